The highest BCUT2D eigenvalue weighted by Gasteiger charge is 2.18. The number of nitrogens with zero attached hydrogens (tertiary/aromatic N) is 2. The van der Waals surface area contributed by atoms with Crippen molar-refractivity contribution >= 4 is 5.91 Å². The van der Waals surface area contributed by atoms with Crippen molar-refractivity contribution in [3.8, 4) is 0 Å². The van der Waals surface area contributed by atoms with Crippen molar-refractivity contribution in [2.75, 3.05) is 0 Å². The van der Waals surface area contributed by atoms with E-state index in [-0.39, 0.29) is 0 Å². The van der Waals surface area contributed by atoms with Crippen LogP contribution in [0.4, 0.5) is 0 Å². The van der Waals surface area contributed by atoms with Crippen LogP contribution < -0.4 is 5.73 Å². The van der Waals surface area contributed by atoms with Crippen molar-refractivity contribution in [3.63, 3.8) is 0 Å². The molecule has 0 atom stereocenters. The summed E-state index contributed by atoms with van der Waals surface area (Å²) >= 11 is 0. The molecule has 0 fully saturated rings. The van der Waals surface area contributed by atoms with Gasteiger partial charge in [0.25, 0.3) is 5.91 Å². The highest BCUT2D eigenvalue weighted by atomic mass is 16.1. The van der Waals surface area contributed by atoms with E-state index in [1.165, 1.54) is 0 Å². The molecule has 0 radical (unpaired) electrons. The molecule has 0 unspecified atom stereocenters. The lowest BCUT2D eigenvalue weighted by Gasteiger charge is -2.02. The highest BCUT2D eigenvalue weighted by molar-refractivity contribution is 5.95. The molecule has 0 spiro atoms. The van der Waals surface area contributed by atoms with Crippen LogP contribution in [0, 0.1) is 0 Å². The van der Waals surface area contributed by atoms with Crippen LogP contribution in [0.25, 0.3) is 0 Å². The first-order chi connectivity index (χ1) is 10.7. The quantitative estimate of drug-likeness (QED) is 0.644. The molecule has 0 aliphatic carbocycles. The van der Waals surface area contributed by atoms with Gasteiger partial charge in [-0.2, -0.15) is 5.10 Å². The smallest absolute Gasteiger partial charge is 0.252 e. The first kappa shape index (κ1) is 14.1. The molecule has 0 saturated heterocycles. The number of nitrogens with two attached hydrogens (primary N) is 1. The van der Waals surface area contributed by atoms with E-state index in [1.54, 1.807) is 12.4 Å². The van der Waals surface area contributed by atoms with E-state index in [0.717, 1.165) is 23.4 Å². The average Bonchev–Trinajstić information content (AvgIpc) is 3.15. The Kier molecular flexibility index (Phi) is 4.00. The van der Waals surface area contributed by atoms with Gasteiger partial charge in [0.2, 0.25) is 0 Å². The second-order valence-corrected chi connectivity index (χ2v) is 5.12. The van der Waals surface area contributed by atoms with Gasteiger partial charge in [-0.05, 0) is 36.6 Å². The molecule has 22 heavy (non-hydrogen) atoms. The topological polar surface area (TPSA) is 100 Å². The number of pyridine rings is 1. The molecule has 6 heteroatoms. The summed E-state index contributed by atoms with van der Waals surface area (Å²) in [6, 6.07) is 7.77. The van der Waals surface area contributed by atoms with Crippen molar-refractivity contribution in [3.05, 3.63) is 71.1 Å². The summed E-state index contributed by atoms with van der Waals surface area (Å²) in [4.78, 5) is 19.0. The minimum atomic E-state index is -0.450. The fraction of sp³-hybridized carbons (Fsp3) is 0.188. The molecular weight excluding hydrogens is 278 g/mol. The first-order valence-electron chi connectivity index (χ1n) is 7.11. The van der Waals surface area contributed by atoms with Crippen LogP contribution in [0.1, 0.15) is 33.0 Å². The fourth-order valence-electron chi connectivity index (χ4n) is 2.50. The molecule has 3 heterocycles. The summed E-state index contributed by atoms with van der Waals surface area (Å²) in [5.74, 6) is -0.450. The number of aromatic amines is 2. The number of carbonyl (C=O) groups excluding carboxylic acids is 1. The summed E-state index contributed by atoms with van der Waals surface area (Å²) in [5, 5.41) is 7.22. The third kappa shape index (κ3) is 3.06. The lowest BCUT2D eigenvalue weighted by Crippen LogP contribution is -2.15. The molecule has 6 nitrogen and oxygen atoms in total. The zero-order valence-electron chi connectivity index (χ0n) is 12.0. The molecule has 0 saturated carbocycles. The Morgan fingerprint density at radius 1 is 1.23 bits per heavy atom. The number of nitrogens with one attached hydrogen (secondary N) is 2. The van der Waals surface area contributed by atoms with Crippen molar-refractivity contribution in [2.24, 2.45) is 5.73 Å². The zero-order chi connectivity index (χ0) is 15.4. The lowest BCUT2D eigenvalue weighted by atomic mass is 10.0. The van der Waals surface area contributed by atoms with E-state index < -0.39 is 5.91 Å². The number of primary amides is 1. The van der Waals surface area contributed by atoms with Gasteiger partial charge in [-0.15, -0.1) is 0 Å². The van der Waals surface area contributed by atoms with Gasteiger partial charge in [-0.1, -0.05) is 6.07 Å². The van der Waals surface area contributed by atoms with E-state index in [4.69, 9.17) is 5.73 Å². The minimum Gasteiger partial charge on any atom is -0.365 e. The number of hydrogen-bond acceptors (Lipinski definition) is 3. The molecule has 0 aromatic carbocycles. The standard InChI is InChI=1S/C16H17N5O/c17-16(22)15-13(6-5-12-4-2-8-19-12)20-21-14(15)9-11-3-1-7-18-10-11/h1-4,7-8,10,19H,5-6,9H2,(H2,17,22)(H,20,21). The van der Waals surface area contributed by atoms with Gasteiger partial charge < -0.3 is 10.7 Å². The monoisotopic (exact) mass is 295 g/mol. The molecule has 4 N–H and O–H groups in total. The maximum absolute atomic E-state index is 11.8. The van der Waals surface area contributed by atoms with Crippen molar-refractivity contribution in [1.82, 2.24) is 20.2 Å². The van der Waals surface area contributed by atoms with E-state index in [9.17, 15) is 4.79 Å². The molecular formula is C16H17N5O. The predicted octanol–water partition coefficient (Wildman–Crippen LogP) is 1.61. The van der Waals surface area contributed by atoms with Crippen LogP contribution in [0.5, 0.6) is 0 Å². The van der Waals surface area contributed by atoms with E-state index in [2.05, 4.69) is 20.2 Å². The van der Waals surface area contributed by atoms with Crippen LogP contribution in [-0.2, 0) is 19.3 Å². The third-order valence-corrected chi connectivity index (χ3v) is 3.56. The molecule has 0 aliphatic heterocycles. The van der Waals surface area contributed by atoms with Gasteiger partial charge >= 0.3 is 0 Å². The van der Waals surface area contributed by atoms with Gasteiger partial charge in [0.05, 0.1) is 17.0 Å². The summed E-state index contributed by atoms with van der Waals surface area (Å²) in [7, 11) is 0. The molecule has 0 aliphatic rings. The lowest BCUT2D eigenvalue weighted by molar-refractivity contribution is 0.0998. The van der Waals surface area contributed by atoms with Crippen molar-refractivity contribution in [2.45, 2.75) is 19.3 Å². The molecule has 1 amide bonds. The number of hydrogen-bond donors (Lipinski definition) is 3. The Morgan fingerprint density at radius 3 is 2.82 bits per heavy atom. The second kappa shape index (κ2) is 6.26. The SMILES string of the molecule is NC(=O)c1c(CCc2ccc[nH]2)n[nH]c1Cc1cccnc1. The number of H-pyrrole nitrogens is 2. The number of amides is 1. The van der Waals surface area contributed by atoms with E-state index >= 15 is 0 Å². The molecule has 3 aromatic rings. The first-order valence-corrected chi connectivity index (χ1v) is 7.11. The number of aryl methyl sites for hydroxylation is 2. The molecule has 112 valence electrons. The van der Waals surface area contributed by atoms with Gasteiger partial charge in [0.15, 0.2) is 0 Å². The second-order valence-electron chi connectivity index (χ2n) is 5.12. The third-order valence-electron chi connectivity index (χ3n) is 3.56. The Bertz CT molecular complexity index is 746. The Balaban J connectivity index is 1.81. The van der Waals surface area contributed by atoms with Gasteiger partial charge in [0.1, 0.15) is 0 Å². The van der Waals surface area contributed by atoms with Crippen LogP contribution in [-0.4, -0.2) is 26.1 Å². The maximum atomic E-state index is 11.8. The van der Waals surface area contributed by atoms with Crippen LogP contribution in [0.3, 0.4) is 0 Å². The predicted molar refractivity (Wildman–Crippen MR) is 82.3 cm³/mol. The Hall–Kier alpha value is -2.89. The largest absolute Gasteiger partial charge is 0.365 e. The maximum Gasteiger partial charge on any atom is 0.252 e. The van der Waals surface area contributed by atoms with Crippen molar-refractivity contribution in [1.29, 1.82) is 0 Å². The van der Waals surface area contributed by atoms with E-state index in [0.29, 0.717) is 24.1 Å². The van der Waals surface area contributed by atoms with Gasteiger partial charge in [-0.25, -0.2) is 0 Å². The molecule has 3 aromatic heterocycles. The van der Waals surface area contributed by atoms with Crippen LogP contribution >= 0.6 is 0 Å². The number of carbonyl (C=O) groups is 1. The van der Waals surface area contributed by atoms with Gasteiger partial charge in [-0.3, -0.25) is 14.9 Å². The van der Waals surface area contributed by atoms with Crippen molar-refractivity contribution < 1.29 is 4.79 Å². The zero-order valence-corrected chi connectivity index (χ0v) is 12.0. The summed E-state index contributed by atoms with van der Waals surface area (Å²) < 4.78 is 0. The number of rotatable bonds is 6. The van der Waals surface area contributed by atoms with Crippen LogP contribution in [0.15, 0.2) is 42.9 Å². The summed E-state index contributed by atoms with van der Waals surface area (Å²) in [6.45, 7) is 0. The van der Waals surface area contributed by atoms with Gasteiger partial charge in [0, 0.05) is 30.7 Å². The Morgan fingerprint density at radius 2 is 2.14 bits per heavy atom. The summed E-state index contributed by atoms with van der Waals surface area (Å²) in [6.07, 6.45) is 7.36. The van der Waals surface area contributed by atoms with E-state index in [1.807, 2.05) is 30.5 Å². The summed E-state index contributed by atoms with van der Waals surface area (Å²) in [5.41, 5.74) is 9.59. The molecule has 3 rings (SSSR count). The number of aromatic nitrogens is 4. The minimum absolute atomic E-state index is 0.450. The molecule has 0 bridgehead atoms. The normalized spacial score (nSPS) is 10.7. The fourth-order valence-corrected chi connectivity index (χ4v) is 2.50. The van der Waals surface area contributed by atoms with Crippen LogP contribution in [0.2, 0.25) is 0 Å². The average molecular weight is 295 g/mol. The highest BCUT2D eigenvalue weighted by Crippen LogP contribution is 2.16. The Labute approximate surface area is 127 Å².